The number of halogens is 4. The van der Waals surface area contributed by atoms with E-state index < -0.39 is 18.2 Å². The molecule has 28 heavy (non-hydrogen) atoms. The molecule has 0 aliphatic carbocycles. The molecular weight excluding hydrogens is 435 g/mol. The summed E-state index contributed by atoms with van der Waals surface area (Å²) in [6.07, 6.45) is -0.966. The summed E-state index contributed by atoms with van der Waals surface area (Å²) >= 11 is 3.15. The van der Waals surface area contributed by atoms with E-state index >= 15 is 0 Å². The molecule has 1 N–H and O–H groups in total. The van der Waals surface area contributed by atoms with Crippen molar-refractivity contribution in [3.05, 3.63) is 83.4 Å². The number of hydrogen-bond acceptors (Lipinski definition) is 3. The fraction of sp³-hybridized carbons (Fsp3) is 0.190. The summed E-state index contributed by atoms with van der Waals surface area (Å²) in [5, 5.41) is 3.00. The largest absolute Gasteiger partial charge is 0.573 e. The number of Topliss-reactive ketones (excluding diaryl/α,β-unsaturated/α-hetero) is 1. The van der Waals surface area contributed by atoms with E-state index in [2.05, 4.69) is 32.6 Å². The minimum absolute atomic E-state index is 0.151. The molecule has 150 valence electrons. The van der Waals surface area contributed by atoms with Gasteiger partial charge in [-0.1, -0.05) is 65.0 Å². The van der Waals surface area contributed by atoms with Gasteiger partial charge >= 0.3 is 6.36 Å². The predicted octanol–water partition coefficient (Wildman–Crippen LogP) is 6.74. The maximum absolute atomic E-state index is 12.3. The number of allylic oxidation sites excluding steroid dienone is 3. The highest BCUT2D eigenvalue weighted by Crippen LogP contribution is 2.24. The number of ketones is 1. The van der Waals surface area contributed by atoms with Gasteiger partial charge in [0, 0.05) is 15.7 Å². The fourth-order valence-corrected chi connectivity index (χ4v) is 2.39. The van der Waals surface area contributed by atoms with Crippen LogP contribution in [0.15, 0.2) is 77.8 Å². The molecule has 0 aromatic heterocycles. The number of carbonyl (C=O) groups is 1. The quantitative estimate of drug-likeness (QED) is 0.387. The number of anilines is 1. The first-order valence-electron chi connectivity index (χ1n) is 8.31. The number of benzene rings is 2. The summed E-state index contributed by atoms with van der Waals surface area (Å²) in [5.74, 6) is -0.735. The SMILES string of the molecule is C=C(Br)/C=C\C.CC(Nc1ccccc1)C(=O)c1cccc(OC(F)(F)F)c1. The average molecular weight is 456 g/mol. The number of alkyl halides is 3. The number of hydrogen-bond donors (Lipinski definition) is 1. The standard InChI is InChI=1S/C16H14F3NO2.C5H7Br/c1-11(20-13-7-3-2-4-8-13)15(21)12-6-5-9-14(10-12)22-16(17,18)19;1-3-4-5(2)6/h2-11,20H,1H3;3-4H,2H2,1H3/b;4-3-. The van der Waals surface area contributed by atoms with Gasteiger partial charge in [-0.05, 0) is 38.1 Å². The van der Waals surface area contributed by atoms with Crippen molar-refractivity contribution in [1.82, 2.24) is 0 Å². The van der Waals surface area contributed by atoms with Gasteiger partial charge in [0.1, 0.15) is 5.75 Å². The maximum Gasteiger partial charge on any atom is 0.573 e. The third-order valence-corrected chi connectivity index (χ3v) is 3.51. The van der Waals surface area contributed by atoms with Crippen molar-refractivity contribution in [1.29, 1.82) is 0 Å². The van der Waals surface area contributed by atoms with Gasteiger partial charge in [-0.25, -0.2) is 0 Å². The van der Waals surface area contributed by atoms with Gasteiger partial charge in [0.25, 0.3) is 0 Å². The lowest BCUT2D eigenvalue weighted by atomic mass is 10.0. The molecule has 0 saturated carbocycles. The number of rotatable bonds is 6. The highest BCUT2D eigenvalue weighted by molar-refractivity contribution is 9.11. The van der Waals surface area contributed by atoms with Crippen molar-refractivity contribution in [2.24, 2.45) is 0 Å². The molecule has 0 spiro atoms. The van der Waals surface area contributed by atoms with E-state index in [0.717, 1.165) is 22.3 Å². The second kappa shape index (κ2) is 11.3. The van der Waals surface area contributed by atoms with Crippen LogP contribution in [-0.4, -0.2) is 18.2 Å². The van der Waals surface area contributed by atoms with Gasteiger partial charge in [0.05, 0.1) is 6.04 Å². The highest BCUT2D eigenvalue weighted by Gasteiger charge is 2.31. The van der Waals surface area contributed by atoms with Gasteiger partial charge in [-0.3, -0.25) is 4.79 Å². The first-order valence-corrected chi connectivity index (χ1v) is 9.10. The zero-order chi connectivity index (χ0) is 21.2. The Labute approximate surface area is 171 Å². The van der Waals surface area contributed by atoms with Crippen LogP contribution in [0.2, 0.25) is 0 Å². The molecule has 0 aliphatic rings. The number of nitrogens with one attached hydrogen (secondary N) is 1. The normalized spacial score (nSPS) is 11.9. The first-order chi connectivity index (χ1) is 13.1. The Morgan fingerprint density at radius 3 is 2.32 bits per heavy atom. The molecule has 0 radical (unpaired) electrons. The molecule has 2 rings (SSSR count). The van der Waals surface area contributed by atoms with E-state index in [-0.39, 0.29) is 11.3 Å². The first kappa shape index (κ1) is 23.5. The monoisotopic (exact) mass is 455 g/mol. The lowest BCUT2D eigenvalue weighted by Crippen LogP contribution is -2.26. The molecule has 1 unspecified atom stereocenters. The molecule has 3 nitrogen and oxygen atoms in total. The lowest BCUT2D eigenvalue weighted by Gasteiger charge is -2.15. The molecule has 2 aromatic rings. The van der Waals surface area contributed by atoms with Crippen molar-refractivity contribution >= 4 is 27.4 Å². The Bertz CT molecular complexity index is 805. The van der Waals surface area contributed by atoms with Crippen LogP contribution < -0.4 is 10.1 Å². The summed E-state index contributed by atoms with van der Waals surface area (Å²) in [6, 6.07) is 13.5. The van der Waals surface area contributed by atoms with E-state index in [1.165, 1.54) is 12.1 Å². The Balaban J connectivity index is 0.000000568. The molecular formula is C21H21BrF3NO2. The second-order valence-electron chi connectivity index (χ2n) is 5.62. The molecule has 0 amide bonds. The van der Waals surface area contributed by atoms with Crippen LogP contribution in [0.1, 0.15) is 24.2 Å². The van der Waals surface area contributed by atoms with Crippen molar-refractivity contribution in [2.75, 3.05) is 5.32 Å². The van der Waals surface area contributed by atoms with E-state index in [0.29, 0.717) is 0 Å². The topological polar surface area (TPSA) is 38.3 Å². The molecule has 0 aliphatic heterocycles. The van der Waals surface area contributed by atoms with Crippen LogP contribution in [0, 0.1) is 0 Å². The predicted molar refractivity (Wildman–Crippen MR) is 110 cm³/mol. The molecule has 7 heteroatoms. The third-order valence-electron chi connectivity index (χ3n) is 3.25. The smallest absolute Gasteiger partial charge is 0.406 e. The van der Waals surface area contributed by atoms with Gasteiger partial charge in [-0.2, -0.15) is 0 Å². The minimum atomic E-state index is -4.78. The van der Waals surface area contributed by atoms with Crippen LogP contribution in [0.25, 0.3) is 0 Å². The van der Waals surface area contributed by atoms with Gasteiger partial charge < -0.3 is 10.1 Å². The maximum atomic E-state index is 12.3. The zero-order valence-corrected chi connectivity index (χ0v) is 17.0. The van der Waals surface area contributed by atoms with E-state index in [1.54, 1.807) is 19.1 Å². The number of para-hydroxylation sites is 1. The van der Waals surface area contributed by atoms with E-state index in [9.17, 15) is 18.0 Å². The van der Waals surface area contributed by atoms with Gasteiger partial charge in [0.2, 0.25) is 0 Å². The summed E-state index contributed by atoms with van der Waals surface area (Å²) in [6.45, 7) is 7.17. The van der Waals surface area contributed by atoms with Crippen molar-refractivity contribution in [2.45, 2.75) is 26.3 Å². The summed E-state index contributed by atoms with van der Waals surface area (Å²) < 4.78 is 41.3. The fourth-order valence-electron chi connectivity index (χ4n) is 2.13. The van der Waals surface area contributed by atoms with Crippen LogP contribution in [0.5, 0.6) is 5.75 Å². The Morgan fingerprint density at radius 2 is 1.82 bits per heavy atom. The van der Waals surface area contributed by atoms with Crippen molar-refractivity contribution < 1.29 is 22.7 Å². The van der Waals surface area contributed by atoms with Crippen LogP contribution in [-0.2, 0) is 0 Å². The summed E-state index contributed by atoms with van der Waals surface area (Å²) in [7, 11) is 0. The summed E-state index contributed by atoms with van der Waals surface area (Å²) in [4.78, 5) is 12.3. The molecule has 0 saturated heterocycles. The molecule has 2 aromatic carbocycles. The van der Waals surface area contributed by atoms with Crippen molar-refractivity contribution in [3.63, 3.8) is 0 Å². The van der Waals surface area contributed by atoms with Crippen LogP contribution in [0.4, 0.5) is 18.9 Å². The highest BCUT2D eigenvalue weighted by atomic mass is 79.9. The second-order valence-corrected chi connectivity index (χ2v) is 6.64. The van der Waals surface area contributed by atoms with E-state index in [1.807, 2.05) is 37.3 Å². The number of carbonyl (C=O) groups excluding carboxylic acids is 1. The minimum Gasteiger partial charge on any atom is -0.406 e. The Morgan fingerprint density at radius 1 is 1.18 bits per heavy atom. The zero-order valence-electron chi connectivity index (χ0n) is 15.5. The average Bonchev–Trinajstić information content (AvgIpc) is 2.61. The van der Waals surface area contributed by atoms with Gasteiger partial charge in [0.15, 0.2) is 5.78 Å². The Hall–Kier alpha value is -2.54. The number of ether oxygens (including phenoxy) is 1. The van der Waals surface area contributed by atoms with E-state index in [4.69, 9.17) is 0 Å². The molecule has 1 atom stereocenters. The third kappa shape index (κ3) is 9.41. The van der Waals surface area contributed by atoms with Crippen molar-refractivity contribution in [3.8, 4) is 5.75 Å². The molecule has 0 heterocycles. The van der Waals surface area contributed by atoms with Crippen LogP contribution >= 0.6 is 15.9 Å². The molecule has 0 fully saturated rings. The lowest BCUT2D eigenvalue weighted by molar-refractivity contribution is -0.274. The molecule has 0 bridgehead atoms. The van der Waals surface area contributed by atoms with Gasteiger partial charge in [-0.15, -0.1) is 13.2 Å². The van der Waals surface area contributed by atoms with Crippen LogP contribution in [0.3, 0.4) is 0 Å². The summed E-state index contributed by atoms with van der Waals surface area (Å²) in [5.41, 5.74) is 0.906. The Kier molecular flexibility index (Phi) is 9.51.